The number of anilines is 1. The molecule has 0 aliphatic carbocycles. The van der Waals surface area contributed by atoms with Crippen LogP contribution < -0.4 is 5.32 Å². The summed E-state index contributed by atoms with van der Waals surface area (Å²) >= 11 is 0. The van der Waals surface area contributed by atoms with Gasteiger partial charge in [-0.1, -0.05) is 26.5 Å². The molecule has 22 heavy (non-hydrogen) atoms. The molecule has 0 saturated carbocycles. The van der Waals surface area contributed by atoms with Crippen LogP contribution in [0.3, 0.4) is 0 Å². The Balaban J connectivity index is 2.95. The van der Waals surface area contributed by atoms with Gasteiger partial charge in [0.05, 0.1) is 0 Å². The highest BCUT2D eigenvalue weighted by Gasteiger charge is 2.10. The minimum atomic E-state index is 0.591. The van der Waals surface area contributed by atoms with Crippen LogP contribution in [0.25, 0.3) is 6.08 Å². The quantitative estimate of drug-likeness (QED) is 0.628. The number of hydrogen-bond donors (Lipinski definition) is 2. The second-order valence-corrected chi connectivity index (χ2v) is 5.59. The number of aryl methyl sites for hydroxylation is 1. The smallest absolute Gasteiger partial charge is 0.0434 e. The van der Waals surface area contributed by atoms with Gasteiger partial charge < -0.3 is 15.6 Å². The molecular formula is C19H31N3. The van der Waals surface area contributed by atoms with E-state index in [1.807, 2.05) is 13.0 Å². The third-order valence-corrected chi connectivity index (χ3v) is 4.09. The number of hydrogen-bond acceptors (Lipinski definition) is 3. The zero-order valence-corrected chi connectivity index (χ0v) is 14.6. The van der Waals surface area contributed by atoms with Gasteiger partial charge in [-0.15, -0.1) is 0 Å². The van der Waals surface area contributed by atoms with Crippen LogP contribution >= 0.6 is 0 Å². The van der Waals surface area contributed by atoms with Crippen molar-refractivity contribution in [3.05, 3.63) is 35.4 Å². The lowest BCUT2D eigenvalue weighted by Crippen LogP contribution is -2.24. The van der Waals surface area contributed by atoms with Crippen molar-refractivity contribution in [1.29, 1.82) is 5.41 Å². The van der Waals surface area contributed by atoms with Crippen molar-refractivity contribution in [3.63, 3.8) is 0 Å². The maximum Gasteiger partial charge on any atom is 0.0434 e. The van der Waals surface area contributed by atoms with Crippen LogP contribution in [0.1, 0.15) is 50.8 Å². The molecule has 3 nitrogen and oxygen atoms in total. The molecule has 0 fully saturated rings. The molecule has 0 atom stereocenters. The zero-order valence-electron chi connectivity index (χ0n) is 14.6. The van der Waals surface area contributed by atoms with E-state index in [4.69, 9.17) is 5.41 Å². The summed E-state index contributed by atoms with van der Waals surface area (Å²) in [7, 11) is 0. The van der Waals surface area contributed by atoms with Crippen LogP contribution in [-0.2, 0) is 6.42 Å². The fourth-order valence-corrected chi connectivity index (χ4v) is 2.75. The molecule has 2 N–H and O–H groups in total. The van der Waals surface area contributed by atoms with E-state index in [2.05, 4.69) is 49.7 Å². The minimum Gasteiger partial charge on any atom is -0.385 e. The standard InChI is InChI=1S/C19H31N3/c1-6-16-13-18(15(5)20)19(21-7-2)14-17(16)11-10-12-22(8-3)9-4/h6,13-14,20-21H,1,7-12H2,2-5H3. The first kappa shape index (κ1) is 18.4. The largest absolute Gasteiger partial charge is 0.385 e. The Morgan fingerprint density at radius 1 is 1.27 bits per heavy atom. The molecule has 0 saturated heterocycles. The Kier molecular flexibility index (Phi) is 7.89. The molecule has 0 radical (unpaired) electrons. The van der Waals surface area contributed by atoms with Gasteiger partial charge in [-0.3, -0.25) is 0 Å². The second kappa shape index (κ2) is 9.42. The van der Waals surface area contributed by atoms with E-state index in [0.29, 0.717) is 5.71 Å². The molecule has 3 heteroatoms. The van der Waals surface area contributed by atoms with Gasteiger partial charge in [0.1, 0.15) is 0 Å². The monoisotopic (exact) mass is 301 g/mol. The van der Waals surface area contributed by atoms with Crippen LogP contribution in [-0.4, -0.2) is 36.8 Å². The molecule has 0 aromatic heterocycles. The van der Waals surface area contributed by atoms with Gasteiger partial charge >= 0.3 is 0 Å². The number of rotatable bonds is 10. The summed E-state index contributed by atoms with van der Waals surface area (Å²) in [6.45, 7) is 16.5. The third-order valence-electron chi connectivity index (χ3n) is 4.09. The minimum absolute atomic E-state index is 0.591. The van der Waals surface area contributed by atoms with Gasteiger partial charge in [-0.25, -0.2) is 0 Å². The highest BCUT2D eigenvalue weighted by Crippen LogP contribution is 2.24. The summed E-state index contributed by atoms with van der Waals surface area (Å²) in [4.78, 5) is 2.45. The molecule has 1 rings (SSSR count). The van der Waals surface area contributed by atoms with E-state index in [1.54, 1.807) is 0 Å². The van der Waals surface area contributed by atoms with Crippen molar-refractivity contribution in [2.45, 2.75) is 40.5 Å². The first-order valence-corrected chi connectivity index (χ1v) is 8.38. The van der Waals surface area contributed by atoms with E-state index in [-0.39, 0.29) is 0 Å². The Hall–Kier alpha value is -1.61. The molecular weight excluding hydrogens is 270 g/mol. The van der Waals surface area contributed by atoms with Crippen molar-refractivity contribution in [1.82, 2.24) is 4.90 Å². The van der Waals surface area contributed by atoms with E-state index >= 15 is 0 Å². The van der Waals surface area contributed by atoms with Crippen LogP contribution in [0.15, 0.2) is 18.7 Å². The summed E-state index contributed by atoms with van der Waals surface area (Å²) < 4.78 is 0. The molecule has 0 aliphatic heterocycles. The normalized spacial score (nSPS) is 10.8. The van der Waals surface area contributed by atoms with Crippen molar-refractivity contribution >= 4 is 17.5 Å². The molecule has 0 aliphatic rings. The van der Waals surface area contributed by atoms with Crippen molar-refractivity contribution in [3.8, 4) is 0 Å². The van der Waals surface area contributed by atoms with Gasteiger partial charge in [0.25, 0.3) is 0 Å². The topological polar surface area (TPSA) is 39.1 Å². The molecule has 0 unspecified atom stereocenters. The van der Waals surface area contributed by atoms with Crippen LogP contribution in [0, 0.1) is 5.41 Å². The van der Waals surface area contributed by atoms with Crippen LogP contribution in [0.5, 0.6) is 0 Å². The lowest BCUT2D eigenvalue weighted by molar-refractivity contribution is 0.300. The average Bonchev–Trinajstić information content (AvgIpc) is 2.51. The maximum atomic E-state index is 7.96. The molecule has 0 amide bonds. The average molecular weight is 301 g/mol. The Morgan fingerprint density at radius 2 is 1.95 bits per heavy atom. The molecule has 1 aromatic rings. The third kappa shape index (κ3) is 4.99. The maximum absolute atomic E-state index is 7.96. The molecule has 0 bridgehead atoms. The van der Waals surface area contributed by atoms with Crippen LogP contribution in [0.2, 0.25) is 0 Å². The summed E-state index contributed by atoms with van der Waals surface area (Å²) in [6.07, 6.45) is 4.11. The van der Waals surface area contributed by atoms with Gasteiger partial charge in [0.2, 0.25) is 0 Å². The predicted molar refractivity (Wildman–Crippen MR) is 99.3 cm³/mol. The lowest BCUT2D eigenvalue weighted by Gasteiger charge is -2.19. The van der Waals surface area contributed by atoms with Gasteiger partial charge in [0, 0.05) is 23.5 Å². The highest BCUT2D eigenvalue weighted by molar-refractivity contribution is 6.02. The first-order valence-electron chi connectivity index (χ1n) is 8.38. The highest BCUT2D eigenvalue weighted by atomic mass is 15.1. The van der Waals surface area contributed by atoms with Crippen molar-refractivity contribution in [2.24, 2.45) is 0 Å². The summed E-state index contributed by atoms with van der Waals surface area (Å²) in [5.74, 6) is 0. The Morgan fingerprint density at radius 3 is 2.45 bits per heavy atom. The summed E-state index contributed by atoms with van der Waals surface area (Å²) in [5.41, 5.74) is 5.11. The van der Waals surface area contributed by atoms with Crippen molar-refractivity contribution in [2.75, 3.05) is 31.5 Å². The summed E-state index contributed by atoms with van der Waals surface area (Å²) in [6, 6.07) is 4.30. The number of nitrogens with zero attached hydrogens (tertiary/aromatic N) is 1. The molecule has 0 heterocycles. The predicted octanol–water partition coefficient (Wildman–Crippen LogP) is 4.42. The number of nitrogens with one attached hydrogen (secondary N) is 2. The van der Waals surface area contributed by atoms with E-state index in [0.717, 1.165) is 55.8 Å². The first-order chi connectivity index (χ1) is 10.6. The summed E-state index contributed by atoms with van der Waals surface area (Å²) in [5, 5.41) is 11.3. The van der Waals surface area contributed by atoms with E-state index in [9.17, 15) is 0 Å². The zero-order chi connectivity index (χ0) is 16.5. The van der Waals surface area contributed by atoms with E-state index in [1.165, 1.54) is 5.56 Å². The van der Waals surface area contributed by atoms with Crippen LogP contribution in [0.4, 0.5) is 5.69 Å². The molecule has 0 spiro atoms. The Bertz CT molecular complexity index is 502. The Labute approximate surface area is 135 Å². The SMILES string of the molecule is C=Cc1cc(C(C)=N)c(NCC)cc1CCCN(CC)CC. The molecule has 122 valence electrons. The fraction of sp³-hybridized carbons (Fsp3) is 0.526. The fourth-order valence-electron chi connectivity index (χ4n) is 2.75. The van der Waals surface area contributed by atoms with Gasteiger partial charge in [-0.05, 0) is 69.6 Å². The van der Waals surface area contributed by atoms with Crippen molar-refractivity contribution < 1.29 is 0 Å². The molecule has 1 aromatic carbocycles. The number of benzene rings is 1. The van der Waals surface area contributed by atoms with Gasteiger partial charge in [-0.2, -0.15) is 0 Å². The second-order valence-electron chi connectivity index (χ2n) is 5.59. The lowest BCUT2D eigenvalue weighted by atomic mass is 9.96. The van der Waals surface area contributed by atoms with E-state index < -0.39 is 0 Å². The van der Waals surface area contributed by atoms with Gasteiger partial charge in [0.15, 0.2) is 0 Å².